The molecule has 0 aliphatic heterocycles. The predicted molar refractivity (Wildman–Crippen MR) is 58.3 cm³/mol. The van der Waals surface area contributed by atoms with E-state index in [0.29, 0.717) is 26.2 Å². The van der Waals surface area contributed by atoms with Crippen molar-refractivity contribution < 1.29 is 14.3 Å². The van der Waals surface area contributed by atoms with Crippen molar-refractivity contribution in [3.63, 3.8) is 0 Å². The topological polar surface area (TPSA) is 73.6 Å². The average Bonchev–Trinajstić information content (AvgIpc) is 2.18. The number of carbonyl (C=O) groups excluding carboxylic acids is 1. The lowest BCUT2D eigenvalue weighted by molar-refractivity contribution is -0.139. The second kappa shape index (κ2) is 8.64. The van der Waals surface area contributed by atoms with Crippen LogP contribution in [0.3, 0.4) is 0 Å². The van der Waals surface area contributed by atoms with Gasteiger partial charge in [0.25, 0.3) is 0 Å². The molecule has 1 atom stereocenters. The third kappa shape index (κ3) is 7.30. The molecule has 0 aliphatic carbocycles. The molecular formula is C10H22N2O3. The van der Waals surface area contributed by atoms with Gasteiger partial charge in [-0.1, -0.05) is 0 Å². The van der Waals surface area contributed by atoms with Crippen LogP contribution in [0, 0.1) is 0 Å². The van der Waals surface area contributed by atoms with Gasteiger partial charge in [-0.15, -0.1) is 0 Å². The molecule has 1 unspecified atom stereocenters. The van der Waals surface area contributed by atoms with Crippen LogP contribution in [0.1, 0.15) is 27.2 Å². The van der Waals surface area contributed by atoms with E-state index in [9.17, 15) is 4.79 Å². The number of hydrogen-bond acceptors (Lipinski definition) is 4. The van der Waals surface area contributed by atoms with Crippen LogP contribution in [0.25, 0.3) is 0 Å². The largest absolute Gasteiger partial charge is 0.368 e. The lowest BCUT2D eigenvalue weighted by atomic mass is 10.3. The smallest absolute Gasteiger partial charge is 0.234 e. The maximum absolute atomic E-state index is 10.7. The summed E-state index contributed by atoms with van der Waals surface area (Å²) in [6.07, 6.45) is 0.506. The van der Waals surface area contributed by atoms with E-state index in [1.165, 1.54) is 0 Å². The first-order valence-corrected chi connectivity index (χ1v) is 5.37. The number of hydrogen-bond donors (Lipinski definition) is 2. The van der Waals surface area contributed by atoms with Gasteiger partial charge in [-0.25, -0.2) is 0 Å². The molecule has 0 aromatic rings. The average molecular weight is 218 g/mol. The summed E-state index contributed by atoms with van der Waals surface area (Å²) in [5, 5.41) is 2.99. The standard InChI is InChI=1S/C10H22N2O3/c1-4-14-9(15-5-2)6-7-12-8(3)10(11)13/h8-9,12H,4-7H2,1-3H3,(H2,11,13). The number of nitrogens with two attached hydrogens (primary N) is 1. The summed E-state index contributed by atoms with van der Waals surface area (Å²) < 4.78 is 10.7. The second-order valence-electron chi connectivity index (χ2n) is 3.21. The van der Waals surface area contributed by atoms with Crippen molar-refractivity contribution in [2.24, 2.45) is 5.73 Å². The van der Waals surface area contributed by atoms with E-state index < -0.39 is 0 Å². The minimum absolute atomic E-state index is 0.201. The van der Waals surface area contributed by atoms with Gasteiger partial charge in [-0.2, -0.15) is 0 Å². The summed E-state index contributed by atoms with van der Waals surface area (Å²) >= 11 is 0. The van der Waals surface area contributed by atoms with Crippen molar-refractivity contribution in [3.05, 3.63) is 0 Å². The molecule has 0 spiro atoms. The Labute approximate surface area is 91.3 Å². The van der Waals surface area contributed by atoms with Crippen LogP contribution in [0.2, 0.25) is 0 Å². The molecule has 3 N–H and O–H groups in total. The van der Waals surface area contributed by atoms with Crippen LogP contribution in [-0.2, 0) is 14.3 Å². The van der Waals surface area contributed by atoms with Crippen LogP contribution in [-0.4, -0.2) is 38.0 Å². The molecular weight excluding hydrogens is 196 g/mol. The lowest BCUT2D eigenvalue weighted by Crippen LogP contribution is -2.40. The van der Waals surface area contributed by atoms with Gasteiger partial charge in [-0.3, -0.25) is 4.79 Å². The van der Waals surface area contributed by atoms with Crippen LogP contribution < -0.4 is 11.1 Å². The van der Waals surface area contributed by atoms with Crippen molar-refractivity contribution in [3.8, 4) is 0 Å². The maximum Gasteiger partial charge on any atom is 0.234 e. The van der Waals surface area contributed by atoms with E-state index in [0.717, 1.165) is 0 Å². The Morgan fingerprint density at radius 2 is 1.87 bits per heavy atom. The molecule has 0 rings (SSSR count). The highest BCUT2D eigenvalue weighted by Gasteiger charge is 2.10. The van der Waals surface area contributed by atoms with Crippen molar-refractivity contribution in [2.75, 3.05) is 19.8 Å². The van der Waals surface area contributed by atoms with Crippen LogP contribution in [0.15, 0.2) is 0 Å². The number of carbonyl (C=O) groups is 1. The fourth-order valence-electron chi connectivity index (χ4n) is 1.10. The van der Waals surface area contributed by atoms with Crippen LogP contribution in [0.5, 0.6) is 0 Å². The first-order valence-electron chi connectivity index (χ1n) is 5.37. The van der Waals surface area contributed by atoms with Gasteiger partial charge in [0.05, 0.1) is 6.04 Å². The van der Waals surface area contributed by atoms with Gasteiger partial charge in [0.2, 0.25) is 5.91 Å². The highest BCUT2D eigenvalue weighted by molar-refractivity contribution is 5.79. The molecule has 15 heavy (non-hydrogen) atoms. The molecule has 5 heteroatoms. The van der Waals surface area contributed by atoms with Crippen LogP contribution in [0.4, 0.5) is 0 Å². The predicted octanol–water partition coefficient (Wildman–Crippen LogP) is 0.239. The molecule has 0 aliphatic rings. The summed E-state index contributed by atoms with van der Waals surface area (Å²) in [5.74, 6) is -0.348. The molecule has 0 heterocycles. The van der Waals surface area contributed by atoms with E-state index >= 15 is 0 Å². The molecule has 5 nitrogen and oxygen atoms in total. The maximum atomic E-state index is 10.7. The Hall–Kier alpha value is -0.650. The summed E-state index contributed by atoms with van der Waals surface area (Å²) in [4.78, 5) is 10.7. The molecule has 0 fully saturated rings. The van der Waals surface area contributed by atoms with Crippen LogP contribution >= 0.6 is 0 Å². The van der Waals surface area contributed by atoms with E-state index in [4.69, 9.17) is 15.2 Å². The Kier molecular flexibility index (Phi) is 8.27. The minimum Gasteiger partial charge on any atom is -0.368 e. The zero-order valence-corrected chi connectivity index (χ0v) is 9.79. The molecule has 0 bridgehead atoms. The Balaban J connectivity index is 3.64. The van der Waals surface area contributed by atoms with Crippen molar-refractivity contribution >= 4 is 5.91 Å². The van der Waals surface area contributed by atoms with E-state index in [1.54, 1.807) is 6.92 Å². The highest BCUT2D eigenvalue weighted by atomic mass is 16.7. The molecule has 90 valence electrons. The van der Waals surface area contributed by atoms with Crippen molar-refractivity contribution in [1.29, 1.82) is 0 Å². The summed E-state index contributed by atoms with van der Waals surface area (Å²) in [7, 11) is 0. The van der Waals surface area contributed by atoms with Gasteiger partial charge in [0, 0.05) is 26.2 Å². The second-order valence-corrected chi connectivity index (χ2v) is 3.21. The van der Waals surface area contributed by atoms with Gasteiger partial charge < -0.3 is 20.5 Å². The van der Waals surface area contributed by atoms with Gasteiger partial charge in [0.15, 0.2) is 6.29 Å². The SMILES string of the molecule is CCOC(CCNC(C)C(N)=O)OCC. The normalized spacial score (nSPS) is 13.1. The molecule has 0 radical (unpaired) electrons. The van der Waals surface area contributed by atoms with Crippen molar-refractivity contribution in [2.45, 2.75) is 39.5 Å². The summed E-state index contributed by atoms with van der Waals surface area (Å²) in [6.45, 7) is 7.47. The first kappa shape index (κ1) is 14.3. The van der Waals surface area contributed by atoms with E-state index in [-0.39, 0.29) is 18.2 Å². The fourth-order valence-corrected chi connectivity index (χ4v) is 1.10. The third-order valence-corrected chi connectivity index (χ3v) is 1.96. The Morgan fingerprint density at radius 3 is 2.27 bits per heavy atom. The monoisotopic (exact) mass is 218 g/mol. The van der Waals surface area contributed by atoms with Gasteiger partial charge >= 0.3 is 0 Å². The highest BCUT2D eigenvalue weighted by Crippen LogP contribution is 2.00. The van der Waals surface area contributed by atoms with E-state index in [1.807, 2.05) is 13.8 Å². The van der Waals surface area contributed by atoms with Crippen molar-refractivity contribution in [1.82, 2.24) is 5.32 Å². The molecule has 0 saturated carbocycles. The Morgan fingerprint density at radius 1 is 1.33 bits per heavy atom. The molecule has 0 saturated heterocycles. The molecule has 0 aromatic carbocycles. The number of nitrogens with one attached hydrogen (secondary N) is 1. The number of amides is 1. The van der Waals surface area contributed by atoms with Gasteiger partial charge in [-0.05, 0) is 20.8 Å². The van der Waals surface area contributed by atoms with Gasteiger partial charge in [0.1, 0.15) is 0 Å². The lowest BCUT2D eigenvalue weighted by Gasteiger charge is -2.18. The Bertz CT molecular complexity index is 170. The summed E-state index contributed by atoms with van der Waals surface area (Å²) in [6, 6.07) is -0.311. The zero-order valence-electron chi connectivity index (χ0n) is 9.79. The third-order valence-electron chi connectivity index (χ3n) is 1.96. The number of primary amides is 1. The zero-order chi connectivity index (χ0) is 11.7. The minimum atomic E-state index is -0.348. The number of rotatable bonds is 9. The quantitative estimate of drug-likeness (QED) is 0.544. The molecule has 0 aromatic heterocycles. The molecule has 1 amide bonds. The summed E-state index contributed by atoms with van der Waals surface area (Å²) in [5.41, 5.74) is 5.11. The first-order chi connectivity index (χ1) is 7.11. The van der Waals surface area contributed by atoms with E-state index in [2.05, 4.69) is 5.32 Å². The fraction of sp³-hybridized carbons (Fsp3) is 0.900. The number of ether oxygens (including phenoxy) is 2.